The Labute approximate surface area is 107 Å². The van der Waals surface area contributed by atoms with E-state index >= 15 is 0 Å². The van der Waals surface area contributed by atoms with Gasteiger partial charge in [0.15, 0.2) is 0 Å². The molecule has 0 radical (unpaired) electrons. The molecule has 0 heterocycles. The first kappa shape index (κ1) is 14.5. The first-order valence-corrected chi connectivity index (χ1v) is 5.40. The molecule has 0 aliphatic carbocycles. The Morgan fingerprint density at radius 1 is 1.07 bits per heavy atom. The smallest absolute Gasteiger partial charge is 0.214 e. The summed E-state index contributed by atoms with van der Waals surface area (Å²) in [6, 6.07) is 18.4. The van der Waals surface area contributed by atoms with Crippen LogP contribution in [0, 0.1) is 0 Å². The molecule has 2 aromatic carbocycles. The maximum Gasteiger partial charge on any atom is 2.00 e. The fourth-order valence-electron chi connectivity index (χ4n) is 1.17. The largest absolute Gasteiger partial charge is 2.00 e. The molecule has 0 fully saturated rings. The summed E-state index contributed by atoms with van der Waals surface area (Å²) in [5.41, 5.74) is 1.40. The quantitative estimate of drug-likeness (QED) is 0.446. The van der Waals surface area contributed by atoms with E-state index in [4.69, 9.17) is 11.6 Å². The third-order valence-electron chi connectivity index (χ3n) is 1.89. The zero-order valence-corrected chi connectivity index (χ0v) is 10.4. The van der Waals surface area contributed by atoms with E-state index in [0.29, 0.717) is 0 Å². The molecule has 2 rings (SSSR count). The van der Waals surface area contributed by atoms with E-state index in [1.54, 1.807) is 0 Å². The van der Waals surface area contributed by atoms with Gasteiger partial charge in [-0.15, -0.1) is 11.6 Å². The standard InChI is InChI=1S/C8H10Cl.C5H5.Fe/c9-7-3-6-8-4-1-2-5-8;1-2-4-5-3-1;/h1-2,4-5H,3,6-7H2;1-5H;/q2*-1;+2. The van der Waals surface area contributed by atoms with Crippen molar-refractivity contribution in [3.8, 4) is 0 Å². The van der Waals surface area contributed by atoms with Crippen LogP contribution in [0.15, 0.2) is 54.6 Å². The second kappa shape index (κ2) is 10.0. The number of rotatable bonds is 3. The summed E-state index contributed by atoms with van der Waals surface area (Å²) in [5.74, 6) is 0.769. The average molecular weight is 263 g/mol. The SMILES string of the molecule is ClCCCc1ccc[cH-]1.[Fe+2].c1cc[cH-]c1. The molecule has 0 saturated heterocycles. The zero-order chi connectivity index (χ0) is 10.1. The van der Waals surface area contributed by atoms with Crippen LogP contribution in [0.5, 0.6) is 0 Å². The van der Waals surface area contributed by atoms with Crippen molar-refractivity contribution in [2.24, 2.45) is 0 Å². The van der Waals surface area contributed by atoms with Gasteiger partial charge in [-0.1, -0.05) is 6.42 Å². The molecule has 2 heteroatoms. The molecule has 0 amide bonds. The van der Waals surface area contributed by atoms with E-state index in [2.05, 4.69) is 24.3 Å². The number of alkyl halides is 1. The number of hydrogen-bond acceptors (Lipinski definition) is 0. The summed E-state index contributed by atoms with van der Waals surface area (Å²) < 4.78 is 0. The molecule has 0 aromatic heterocycles. The van der Waals surface area contributed by atoms with E-state index in [1.807, 2.05) is 30.3 Å². The predicted octanol–water partition coefficient (Wildman–Crippen LogP) is 3.98. The second-order valence-electron chi connectivity index (χ2n) is 3.05. The van der Waals surface area contributed by atoms with Crippen molar-refractivity contribution in [2.75, 3.05) is 5.88 Å². The van der Waals surface area contributed by atoms with Gasteiger partial charge in [-0.3, -0.25) is 0 Å². The second-order valence-corrected chi connectivity index (χ2v) is 3.43. The van der Waals surface area contributed by atoms with Crippen molar-refractivity contribution in [3.63, 3.8) is 0 Å². The van der Waals surface area contributed by atoms with Crippen LogP contribution < -0.4 is 0 Å². The molecular formula is C13H15ClFe. The van der Waals surface area contributed by atoms with Crippen LogP contribution in [0.3, 0.4) is 0 Å². The minimum atomic E-state index is 0. The van der Waals surface area contributed by atoms with Gasteiger partial charge in [-0.05, 0) is 6.42 Å². The minimum Gasteiger partial charge on any atom is -0.214 e. The summed E-state index contributed by atoms with van der Waals surface area (Å²) >= 11 is 5.52. The first-order valence-electron chi connectivity index (χ1n) is 4.86. The topological polar surface area (TPSA) is 0 Å². The van der Waals surface area contributed by atoms with Gasteiger partial charge in [0.2, 0.25) is 0 Å². The fourth-order valence-corrected chi connectivity index (χ4v) is 1.31. The van der Waals surface area contributed by atoms with Crippen LogP contribution in [0.1, 0.15) is 12.0 Å². The Morgan fingerprint density at radius 2 is 1.80 bits per heavy atom. The molecule has 0 N–H and O–H groups in total. The summed E-state index contributed by atoms with van der Waals surface area (Å²) in [7, 11) is 0. The van der Waals surface area contributed by atoms with Gasteiger partial charge in [0.1, 0.15) is 0 Å². The third kappa shape index (κ3) is 7.44. The summed E-state index contributed by atoms with van der Waals surface area (Å²) in [6.07, 6.45) is 2.21. The predicted molar refractivity (Wildman–Crippen MR) is 63.1 cm³/mol. The number of halogens is 1. The van der Waals surface area contributed by atoms with E-state index in [1.165, 1.54) is 5.56 Å². The van der Waals surface area contributed by atoms with Gasteiger partial charge >= 0.3 is 17.1 Å². The number of hydrogen-bond donors (Lipinski definition) is 0. The molecule has 15 heavy (non-hydrogen) atoms. The molecule has 0 nitrogen and oxygen atoms in total. The Hall–Kier alpha value is -0.491. The molecule has 0 bridgehead atoms. The minimum absolute atomic E-state index is 0. The van der Waals surface area contributed by atoms with Crippen molar-refractivity contribution < 1.29 is 17.1 Å². The van der Waals surface area contributed by atoms with Gasteiger partial charge in [0.05, 0.1) is 0 Å². The normalized spacial score (nSPS) is 8.60. The molecule has 0 saturated carbocycles. The Bertz CT molecular complexity index is 267. The van der Waals surface area contributed by atoms with Crippen LogP contribution in [-0.2, 0) is 23.5 Å². The molecule has 2 aromatic rings. The van der Waals surface area contributed by atoms with Crippen molar-refractivity contribution in [3.05, 3.63) is 60.2 Å². The average Bonchev–Trinajstić information content (AvgIpc) is 2.90. The molecular weight excluding hydrogens is 247 g/mol. The van der Waals surface area contributed by atoms with Crippen molar-refractivity contribution >= 4 is 11.6 Å². The van der Waals surface area contributed by atoms with Gasteiger partial charge < -0.3 is 0 Å². The Kier molecular flexibility index (Phi) is 9.71. The van der Waals surface area contributed by atoms with Crippen LogP contribution >= 0.6 is 11.6 Å². The van der Waals surface area contributed by atoms with E-state index in [0.717, 1.165) is 18.7 Å². The van der Waals surface area contributed by atoms with E-state index < -0.39 is 0 Å². The van der Waals surface area contributed by atoms with Crippen molar-refractivity contribution in [2.45, 2.75) is 12.8 Å². The molecule has 82 valence electrons. The molecule has 0 aliphatic heterocycles. The zero-order valence-electron chi connectivity index (χ0n) is 8.55. The third-order valence-corrected chi connectivity index (χ3v) is 2.15. The molecule has 0 atom stereocenters. The molecule has 0 aliphatic rings. The Balaban J connectivity index is 0.000000280. The van der Waals surface area contributed by atoms with E-state index in [9.17, 15) is 0 Å². The van der Waals surface area contributed by atoms with Crippen LogP contribution in [0.4, 0.5) is 0 Å². The summed E-state index contributed by atoms with van der Waals surface area (Å²) in [6.45, 7) is 0. The maximum absolute atomic E-state index is 5.52. The van der Waals surface area contributed by atoms with Crippen molar-refractivity contribution in [1.29, 1.82) is 0 Å². The fraction of sp³-hybridized carbons (Fsp3) is 0.231. The van der Waals surface area contributed by atoms with Crippen LogP contribution in [-0.4, -0.2) is 5.88 Å². The van der Waals surface area contributed by atoms with Crippen LogP contribution in [0.25, 0.3) is 0 Å². The molecule has 0 unspecified atom stereocenters. The van der Waals surface area contributed by atoms with Gasteiger partial charge in [-0.25, -0.2) is 24.3 Å². The van der Waals surface area contributed by atoms with Crippen molar-refractivity contribution in [1.82, 2.24) is 0 Å². The maximum atomic E-state index is 5.52. The Morgan fingerprint density at radius 3 is 2.20 bits per heavy atom. The summed E-state index contributed by atoms with van der Waals surface area (Å²) in [5, 5.41) is 0. The summed E-state index contributed by atoms with van der Waals surface area (Å²) in [4.78, 5) is 0. The van der Waals surface area contributed by atoms with Gasteiger partial charge in [0, 0.05) is 5.88 Å². The first-order chi connectivity index (χ1) is 6.93. The monoisotopic (exact) mass is 262 g/mol. The van der Waals surface area contributed by atoms with Gasteiger partial charge in [0.25, 0.3) is 0 Å². The van der Waals surface area contributed by atoms with Crippen LogP contribution in [0.2, 0.25) is 0 Å². The van der Waals surface area contributed by atoms with Gasteiger partial charge in [-0.2, -0.15) is 35.9 Å². The van der Waals surface area contributed by atoms with E-state index in [-0.39, 0.29) is 17.1 Å². The molecule has 0 spiro atoms. The number of aryl methyl sites for hydroxylation is 1.